The molecule has 0 N–H and O–H groups in total. The molecule has 13 heteroatoms. The molecule has 0 radical (unpaired) electrons. The molecule has 276 valence electrons. The molecule has 54 heavy (non-hydrogen) atoms. The van der Waals surface area contributed by atoms with Crippen molar-refractivity contribution in [1.82, 2.24) is 4.90 Å². The molecule has 0 aliphatic rings. The van der Waals surface area contributed by atoms with Crippen LogP contribution in [0.25, 0.3) is 0 Å². The fourth-order valence-corrected chi connectivity index (χ4v) is 9.82. The van der Waals surface area contributed by atoms with Gasteiger partial charge in [-0.3, -0.25) is 4.79 Å². The third-order valence-electron chi connectivity index (χ3n) is 7.43. The topological polar surface area (TPSA) is 110 Å². The summed E-state index contributed by atoms with van der Waals surface area (Å²) < 4.78 is 65.9. The minimum absolute atomic E-state index is 0.165. The Kier molecular flexibility index (Phi) is 13.4. The van der Waals surface area contributed by atoms with Crippen molar-refractivity contribution in [3.63, 3.8) is 0 Å². The van der Waals surface area contributed by atoms with E-state index in [1.165, 1.54) is 4.90 Å². The zero-order valence-corrected chi connectivity index (χ0v) is 31.8. The van der Waals surface area contributed by atoms with Gasteiger partial charge in [-0.1, -0.05) is 109 Å². The first kappa shape index (κ1) is 38.2. The average molecular weight is 782 g/mol. The number of para-hydroxylation sites is 6. The van der Waals surface area contributed by atoms with Gasteiger partial charge in [-0.25, -0.2) is 9.13 Å². The number of hydrogen-bond donors (Lipinski definition) is 0. The molecule has 0 heterocycles. The SMILES string of the molecule is O=C(CCP(=O)(Oc1ccccc1)Oc1ccccc1)N(CP(Oc1ccccc1)Oc1ccccc1)CP(=O)(Oc1ccccc1)Oc1ccccc1. The first-order chi connectivity index (χ1) is 26.3. The standard InChI is InChI=1S/C41H38NO9P3/c43-41(31-32-53(44,48-37-23-11-3-12-24-37)49-38-25-13-4-14-26-38)42(33-52(46-35-19-7-1-8-20-35)47-36-21-9-2-10-22-36)34-54(45,50-39-27-15-5-16-28-39)51-40-29-17-6-18-30-40/h1-30H,31-34H2. The molecule has 6 rings (SSSR count). The maximum Gasteiger partial charge on any atom is 0.450 e. The summed E-state index contributed by atoms with van der Waals surface area (Å²) in [4.78, 5) is 15.8. The highest BCUT2D eigenvalue weighted by Gasteiger charge is 2.38. The van der Waals surface area contributed by atoms with E-state index >= 15 is 0 Å². The van der Waals surface area contributed by atoms with Crippen LogP contribution in [0.5, 0.6) is 34.5 Å². The van der Waals surface area contributed by atoms with Gasteiger partial charge in [0.05, 0.1) is 6.16 Å². The lowest BCUT2D eigenvalue weighted by Gasteiger charge is -2.30. The Labute approximate surface area is 316 Å². The van der Waals surface area contributed by atoms with Crippen LogP contribution in [0, 0.1) is 0 Å². The third kappa shape index (κ3) is 12.0. The molecule has 0 aliphatic carbocycles. The number of nitrogens with zero attached hydrogens (tertiary/aromatic N) is 1. The van der Waals surface area contributed by atoms with Crippen LogP contribution in [0.2, 0.25) is 0 Å². The van der Waals surface area contributed by atoms with Crippen molar-refractivity contribution in [3.8, 4) is 34.5 Å². The Morgan fingerprint density at radius 1 is 0.444 bits per heavy atom. The van der Waals surface area contributed by atoms with Crippen LogP contribution in [0.4, 0.5) is 0 Å². The van der Waals surface area contributed by atoms with Gasteiger partial charge in [0.2, 0.25) is 5.91 Å². The van der Waals surface area contributed by atoms with Gasteiger partial charge in [-0.05, 0) is 72.8 Å². The highest BCUT2D eigenvalue weighted by Crippen LogP contribution is 2.52. The van der Waals surface area contributed by atoms with E-state index in [2.05, 4.69) is 0 Å². The number of benzene rings is 6. The number of carbonyl (C=O) groups excluding carboxylic acids is 1. The molecule has 0 fully saturated rings. The lowest BCUT2D eigenvalue weighted by molar-refractivity contribution is -0.129. The van der Waals surface area contributed by atoms with Crippen molar-refractivity contribution in [2.24, 2.45) is 0 Å². The van der Waals surface area contributed by atoms with Gasteiger partial charge in [-0.2, -0.15) is 0 Å². The third-order valence-corrected chi connectivity index (χ3v) is 12.3. The molecule has 10 nitrogen and oxygen atoms in total. The summed E-state index contributed by atoms with van der Waals surface area (Å²) in [6.45, 7) is 0. The summed E-state index contributed by atoms with van der Waals surface area (Å²) in [7, 11) is -10.1. The van der Waals surface area contributed by atoms with E-state index in [0.717, 1.165) is 0 Å². The fourth-order valence-electron chi connectivity index (χ4n) is 4.97. The Morgan fingerprint density at radius 2 is 0.741 bits per heavy atom. The van der Waals surface area contributed by atoms with E-state index < -0.39 is 35.8 Å². The smallest absolute Gasteiger partial charge is 0.437 e. The number of hydrogen-bond acceptors (Lipinski definition) is 9. The Morgan fingerprint density at radius 3 is 1.07 bits per heavy atom. The van der Waals surface area contributed by atoms with Gasteiger partial charge in [-0.15, -0.1) is 0 Å². The van der Waals surface area contributed by atoms with E-state index in [0.29, 0.717) is 23.0 Å². The van der Waals surface area contributed by atoms with Crippen molar-refractivity contribution in [2.45, 2.75) is 6.42 Å². The van der Waals surface area contributed by atoms with Crippen molar-refractivity contribution in [2.75, 3.05) is 18.7 Å². The zero-order chi connectivity index (χ0) is 37.5. The van der Waals surface area contributed by atoms with E-state index in [1.807, 2.05) is 36.4 Å². The van der Waals surface area contributed by atoms with E-state index in [9.17, 15) is 13.9 Å². The largest absolute Gasteiger partial charge is 0.450 e. The molecule has 0 bridgehead atoms. The second kappa shape index (κ2) is 19.0. The van der Waals surface area contributed by atoms with Crippen LogP contribution in [0.3, 0.4) is 0 Å². The predicted octanol–water partition coefficient (Wildman–Crippen LogP) is 11.3. The molecule has 0 spiro atoms. The predicted molar refractivity (Wildman–Crippen MR) is 211 cm³/mol. The molecule has 0 aromatic heterocycles. The van der Waals surface area contributed by atoms with Gasteiger partial charge in [0.25, 0.3) is 0 Å². The Balaban J connectivity index is 1.32. The summed E-state index contributed by atoms with van der Waals surface area (Å²) in [5, 5.41) is 0. The molecule has 0 unspecified atom stereocenters. The van der Waals surface area contributed by atoms with E-state index in [-0.39, 0.29) is 30.4 Å². The van der Waals surface area contributed by atoms with Crippen molar-refractivity contribution < 1.29 is 41.1 Å². The normalized spacial score (nSPS) is 11.3. The summed E-state index contributed by atoms with van der Waals surface area (Å²) in [5.74, 6) is 1.66. The molecule has 6 aromatic carbocycles. The highest BCUT2D eigenvalue weighted by atomic mass is 31.2. The van der Waals surface area contributed by atoms with E-state index in [4.69, 9.17) is 27.1 Å². The van der Waals surface area contributed by atoms with Crippen LogP contribution < -0.4 is 27.1 Å². The lowest BCUT2D eigenvalue weighted by Crippen LogP contribution is -2.35. The monoisotopic (exact) mass is 781 g/mol. The fraction of sp³-hybridized carbons (Fsp3) is 0.0976. The summed E-state index contributed by atoms with van der Waals surface area (Å²) in [6, 6.07) is 52.4. The maximum absolute atomic E-state index is 14.8. The molecular weight excluding hydrogens is 743 g/mol. The second-order valence-electron chi connectivity index (χ2n) is 11.7. The molecule has 0 aliphatic heterocycles. The maximum atomic E-state index is 14.8. The average Bonchev–Trinajstić information content (AvgIpc) is 3.19. The first-order valence-corrected chi connectivity index (χ1v) is 21.8. The molecule has 1 amide bonds. The van der Waals surface area contributed by atoms with Gasteiger partial charge < -0.3 is 32.0 Å². The number of amides is 1. The van der Waals surface area contributed by atoms with Crippen LogP contribution in [0.15, 0.2) is 182 Å². The van der Waals surface area contributed by atoms with E-state index in [1.54, 1.807) is 146 Å². The second-order valence-corrected chi connectivity index (χ2v) is 16.9. The first-order valence-electron chi connectivity index (χ1n) is 17.0. The van der Waals surface area contributed by atoms with Crippen LogP contribution in [0.1, 0.15) is 6.42 Å². The lowest BCUT2D eigenvalue weighted by atomic mass is 10.3. The van der Waals surface area contributed by atoms with Crippen molar-refractivity contribution >= 4 is 29.5 Å². The molecule has 6 aromatic rings. The number of carbonyl (C=O) groups is 1. The number of rotatable bonds is 19. The molecule has 0 atom stereocenters. The Bertz CT molecular complexity index is 1980. The highest BCUT2D eigenvalue weighted by molar-refractivity contribution is 7.55. The van der Waals surface area contributed by atoms with Gasteiger partial charge in [0.15, 0.2) is 0 Å². The Hall–Kier alpha value is -5.52. The van der Waals surface area contributed by atoms with Crippen LogP contribution >= 0.6 is 23.6 Å². The van der Waals surface area contributed by atoms with Crippen molar-refractivity contribution in [1.29, 1.82) is 0 Å². The summed E-state index contributed by atoms with van der Waals surface area (Å²) in [6.07, 6.45) is -1.31. The minimum atomic E-state index is -4.20. The van der Waals surface area contributed by atoms with Gasteiger partial charge in [0.1, 0.15) is 47.1 Å². The van der Waals surface area contributed by atoms with Gasteiger partial charge >= 0.3 is 23.6 Å². The summed E-state index contributed by atoms with van der Waals surface area (Å²) >= 11 is 0. The van der Waals surface area contributed by atoms with Crippen LogP contribution in [-0.4, -0.2) is 29.5 Å². The zero-order valence-electron chi connectivity index (χ0n) is 29.1. The quantitative estimate of drug-likeness (QED) is 0.0742. The molecule has 0 saturated heterocycles. The van der Waals surface area contributed by atoms with Crippen LogP contribution in [-0.2, 0) is 13.9 Å². The molecular formula is C41H38NO9P3. The van der Waals surface area contributed by atoms with Gasteiger partial charge in [0, 0.05) is 6.42 Å². The summed E-state index contributed by atoms with van der Waals surface area (Å²) in [5.41, 5.74) is 0. The minimum Gasteiger partial charge on any atom is -0.437 e. The van der Waals surface area contributed by atoms with Crippen molar-refractivity contribution in [3.05, 3.63) is 182 Å². The molecule has 0 saturated carbocycles.